The number of hydrogen-bond acceptors (Lipinski definition) is 12. The number of aliphatic hydroxyl groups is 2. The Morgan fingerprint density at radius 2 is 0.933 bits per heavy atom. The first-order valence-electron chi connectivity index (χ1n) is 34.9. The standard InChI is InChI=1S/C20H18N2O.C20H17N2O.2C20H26NSi.CHF3O3S.2CH4O.2Ir/c2*1-12(2)14-9-10-21-18(11-14)17-6-4-5-15-16-8-7-13(3)22-20(16)23-19(15)17;2*1-22(2,3)20-15-21-19(17-11-5-4-6-12-17)14-18(20)13-16-9-7-8-10-16;2-1(3,4)8(5,6)7;2*1-2;;/h4-12H,1-3H3;4-5,7-12H,1-3H3;2*4-6,11,14-16H,7-10,13H2,1-3H3;(H,5,6,7);2*2H,1H3;;/q;3*-1;;;;;. The predicted octanol–water partition coefficient (Wildman–Crippen LogP) is 20.0. The molecule has 13 nitrogen and oxygen atoms in total. The van der Waals surface area contributed by atoms with Crippen LogP contribution >= 0.6 is 0 Å². The smallest absolute Gasteiger partial charge is 0.486 e. The molecule has 0 spiro atoms. The number of aliphatic hydroxyl groups excluding tert-OH is 2. The van der Waals surface area contributed by atoms with Crippen molar-refractivity contribution in [3.8, 4) is 45.0 Å². The molecule has 2 saturated carbocycles. The van der Waals surface area contributed by atoms with Gasteiger partial charge in [-0.15, -0.1) is 90.0 Å². The fourth-order valence-electron chi connectivity index (χ4n) is 12.9. The molecule has 14 rings (SSSR count). The molecule has 2 aliphatic carbocycles. The summed E-state index contributed by atoms with van der Waals surface area (Å²) >= 11 is 0. The SMILES string of the molecule is CO.CO.C[Si](C)(C)c1cnc(-c2[c-]cccc2)cc1CC1CCCC1.C[Si](C)(C)c1cnc(-c2[c-]cccc2)cc1CC1CCCC1.Cc1ccc2c(n1)oc1c(-c3cc(C(C)C)ccn3)[c-]ccc12.Cc1ccc2c(n1)oc1c(-c3cc(C(C)C)ccn3)cccc12.O=S(=O)(O)C(F)(F)F.[Ir].[Ir]. The number of aryl methyl sites for hydroxylation is 2. The number of pyridine rings is 6. The number of fused-ring (bicyclic) bond motifs is 6. The van der Waals surface area contributed by atoms with Gasteiger partial charge in [0.05, 0.1) is 27.4 Å². The zero-order valence-corrected chi connectivity index (χ0v) is 69.4. The van der Waals surface area contributed by atoms with Crippen LogP contribution in [0.3, 0.4) is 0 Å². The van der Waals surface area contributed by atoms with E-state index >= 15 is 0 Å². The summed E-state index contributed by atoms with van der Waals surface area (Å²) in [6.07, 6.45) is 21.8. The molecule has 2 radical (unpaired) electrons. The van der Waals surface area contributed by atoms with Gasteiger partial charge in [0.2, 0.25) is 11.4 Å². The van der Waals surface area contributed by atoms with Gasteiger partial charge in [-0.05, 0) is 132 Å². The van der Waals surface area contributed by atoms with E-state index in [0.29, 0.717) is 23.3 Å². The van der Waals surface area contributed by atoms with Crippen LogP contribution in [0.5, 0.6) is 0 Å². The minimum Gasteiger partial charge on any atom is -0.486 e. The van der Waals surface area contributed by atoms with Crippen molar-refractivity contribution in [1.29, 1.82) is 0 Å². The molecule has 12 aromatic rings. The number of nitrogens with zero attached hydrogens (tertiary/aromatic N) is 6. The summed E-state index contributed by atoms with van der Waals surface area (Å²) in [7, 11) is -6.53. The van der Waals surface area contributed by atoms with Crippen LogP contribution in [0.1, 0.15) is 125 Å². The van der Waals surface area contributed by atoms with Gasteiger partial charge < -0.3 is 34.0 Å². The van der Waals surface area contributed by atoms with E-state index in [4.69, 9.17) is 42.0 Å². The number of aromatic nitrogens is 6. The number of hydrogen-bond donors (Lipinski definition) is 3. The summed E-state index contributed by atoms with van der Waals surface area (Å²) in [5, 5.41) is 21.3. The molecule has 4 aromatic carbocycles. The van der Waals surface area contributed by atoms with E-state index in [1.165, 1.54) is 75.3 Å². The topological polar surface area (TPSA) is 198 Å². The maximum absolute atomic E-state index is 10.7. The predicted molar refractivity (Wildman–Crippen MR) is 414 cm³/mol. The summed E-state index contributed by atoms with van der Waals surface area (Å²) in [6.45, 7) is 27.2. The second kappa shape index (κ2) is 38.8. The van der Waals surface area contributed by atoms with Crippen molar-refractivity contribution >= 4 is 80.8 Å². The van der Waals surface area contributed by atoms with Gasteiger partial charge in [-0.3, -0.25) is 9.54 Å². The number of benzene rings is 4. The first kappa shape index (κ1) is 85.7. The second-order valence-corrected chi connectivity index (χ2v) is 40.0. The first-order chi connectivity index (χ1) is 48.6. The van der Waals surface area contributed by atoms with Crippen LogP contribution in [0.15, 0.2) is 173 Å². The summed E-state index contributed by atoms with van der Waals surface area (Å²) in [6, 6.07) is 57.6. The number of alkyl halides is 3. The summed E-state index contributed by atoms with van der Waals surface area (Å²) < 4.78 is 69.6. The van der Waals surface area contributed by atoms with Crippen molar-refractivity contribution in [2.24, 2.45) is 11.8 Å². The average molecular weight is 1820 g/mol. The zero-order chi connectivity index (χ0) is 74.1. The molecule has 21 heteroatoms. The van der Waals surface area contributed by atoms with E-state index in [1.54, 1.807) is 21.5 Å². The quantitative estimate of drug-likeness (QED) is 0.0452. The molecular weight excluding hydrogens is 1720 g/mol. The second-order valence-electron chi connectivity index (χ2n) is 28.5. The van der Waals surface area contributed by atoms with Crippen LogP contribution in [0, 0.1) is 43.9 Å². The molecule has 8 aromatic heterocycles. The summed E-state index contributed by atoms with van der Waals surface area (Å²) in [5.41, 5.74) is 13.1. The van der Waals surface area contributed by atoms with E-state index in [-0.39, 0.29) is 40.2 Å². The number of halogens is 3. The molecule has 3 N–H and O–H groups in total. The van der Waals surface area contributed by atoms with Crippen LogP contribution in [0.25, 0.3) is 89.2 Å². The van der Waals surface area contributed by atoms with Gasteiger partial charge in [0.25, 0.3) is 0 Å². The van der Waals surface area contributed by atoms with Crippen molar-refractivity contribution < 1.29 is 85.4 Å². The van der Waals surface area contributed by atoms with E-state index in [1.807, 2.05) is 74.8 Å². The van der Waals surface area contributed by atoms with Gasteiger partial charge in [-0.1, -0.05) is 176 Å². The van der Waals surface area contributed by atoms with Crippen molar-refractivity contribution in [2.75, 3.05) is 14.2 Å². The molecule has 0 atom stereocenters. The molecule has 0 saturated heterocycles. The number of rotatable bonds is 12. The largest absolute Gasteiger partial charge is 0.522 e. The number of furan rings is 2. The van der Waals surface area contributed by atoms with Gasteiger partial charge in [0.1, 0.15) is 5.58 Å². The van der Waals surface area contributed by atoms with E-state index < -0.39 is 31.8 Å². The van der Waals surface area contributed by atoms with Crippen molar-refractivity contribution in [2.45, 2.75) is 162 Å². The van der Waals surface area contributed by atoms with Crippen LogP contribution in [0.2, 0.25) is 39.3 Å². The zero-order valence-electron chi connectivity index (χ0n) is 61.8. The van der Waals surface area contributed by atoms with Gasteiger partial charge in [0, 0.05) is 112 Å². The van der Waals surface area contributed by atoms with Gasteiger partial charge in [-0.25, -0.2) is 9.97 Å². The van der Waals surface area contributed by atoms with Gasteiger partial charge in [-0.2, -0.15) is 21.6 Å². The number of para-hydroxylation sites is 1. The molecule has 104 heavy (non-hydrogen) atoms. The Hall–Kier alpha value is -7.27. The third-order valence-corrected chi connectivity index (χ3v) is 22.9. The molecule has 2 aliphatic rings. The Morgan fingerprint density at radius 3 is 1.35 bits per heavy atom. The fraction of sp³-hybridized carbons (Fsp3) is 0.349. The van der Waals surface area contributed by atoms with Crippen molar-refractivity contribution in [3.63, 3.8) is 0 Å². The van der Waals surface area contributed by atoms with E-state index in [9.17, 15) is 13.2 Å². The monoisotopic (exact) mass is 1820 g/mol. The first-order valence-corrected chi connectivity index (χ1v) is 43.3. The Morgan fingerprint density at radius 1 is 0.510 bits per heavy atom. The molecule has 2 fully saturated rings. The van der Waals surface area contributed by atoms with Crippen molar-refractivity contribution in [1.82, 2.24) is 29.9 Å². The van der Waals surface area contributed by atoms with Crippen LogP contribution in [-0.2, 0) is 63.2 Å². The minimum absolute atomic E-state index is 0. The van der Waals surface area contributed by atoms with Crippen molar-refractivity contribution in [3.05, 3.63) is 216 Å². The Bertz CT molecular complexity index is 4540. The molecule has 0 aliphatic heterocycles. The molecule has 0 unspecified atom stereocenters. The fourth-order valence-corrected chi connectivity index (χ4v) is 16.1. The molecule has 0 amide bonds. The van der Waals surface area contributed by atoms with Crippen LogP contribution < -0.4 is 10.4 Å². The van der Waals surface area contributed by atoms with Crippen LogP contribution in [0.4, 0.5) is 13.2 Å². The molecule has 0 bridgehead atoms. The molecular formula is C83H96F3Ir2N6O7SSi2-3. The minimum atomic E-state index is -5.84. The Labute approximate surface area is 641 Å². The maximum atomic E-state index is 10.7. The Kier molecular flexibility index (Phi) is 32.0. The average Bonchev–Trinajstić information content (AvgIpc) is 1.62. The third-order valence-electron chi connectivity index (χ3n) is 18.2. The summed E-state index contributed by atoms with van der Waals surface area (Å²) in [4.78, 5) is 27.6. The van der Waals surface area contributed by atoms with Gasteiger partial charge in [0.15, 0.2) is 0 Å². The summed E-state index contributed by atoms with van der Waals surface area (Å²) in [5.74, 6) is 2.68. The normalized spacial score (nSPS) is 13.2. The Balaban J connectivity index is 0.000000206. The van der Waals surface area contributed by atoms with E-state index in [0.717, 1.165) is 115 Å². The molecule has 8 heterocycles. The van der Waals surface area contributed by atoms with E-state index in [2.05, 4.69) is 209 Å². The van der Waals surface area contributed by atoms with Gasteiger partial charge >= 0.3 is 15.6 Å². The molecule has 556 valence electrons. The van der Waals surface area contributed by atoms with Crippen LogP contribution in [-0.4, -0.2) is 89.0 Å². The third kappa shape index (κ3) is 22.6. The maximum Gasteiger partial charge on any atom is 0.522 e.